The van der Waals surface area contributed by atoms with Crippen molar-refractivity contribution in [2.24, 2.45) is 5.92 Å². The Morgan fingerprint density at radius 3 is 2.59 bits per heavy atom. The maximum atomic E-state index is 10.9. The predicted octanol–water partition coefficient (Wildman–Crippen LogP) is 4.09. The molecule has 5 heteroatoms. The number of nitrogens with one attached hydrogen (secondary N) is 1. The van der Waals surface area contributed by atoms with Gasteiger partial charge in [-0.15, -0.1) is 0 Å². The van der Waals surface area contributed by atoms with Crippen LogP contribution in [0.15, 0.2) is 18.2 Å². The Hall–Kier alpha value is -1.29. The van der Waals surface area contributed by atoms with E-state index in [-0.39, 0.29) is 16.8 Å². The summed E-state index contributed by atoms with van der Waals surface area (Å²) >= 11 is 5.83. The summed E-state index contributed by atoms with van der Waals surface area (Å²) in [5.41, 5.74) is 0.431. The van der Waals surface area contributed by atoms with Gasteiger partial charge in [0.1, 0.15) is 10.7 Å². The quantitative estimate of drug-likeness (QED) is 0.638. The van der Waals surface area contributed by atoms with Crippen LogP contribution in [0.2, 0.25) is 5.02 Å². The van der Waals surface area contributed by atoms with E-state index in [0.29, 0.717) is 11.6 Å². The number of rotatable bonds is 5. The molecule has 0 bridgehead atoms. The van der Waals surface area contributed by atoms with Gasteiger partial charge >= 0.3 is 5.69 Å². The summed E-state index contributed by atoms with van der Waals surface area (Å²) in [4.78, 5) is 10.5. The van der Waals surface area contributed by atoms with Crippen molar-refractivity contribution in [1.29, 1.82) is 0 Å². The van der Waals surface area contributed by atoms with Gasteiger partial charge in [-0.05, 0) is 31.4 Å². The van der Waals surface area contributed by atoms with Crippen LogP contribution in [0.4, 0.5) is 11.4 Å². The van der Waals surface area contributed by atoms with E-state index in [2.05, 4.69) is 19.2 Å². The molecule has 1 aromatic rings. The van der Waals surface area contributed by atoms with Gasteiger partial charge in [0.05, 0.1) is 4.92 Å². The van der Waals surface area contributed by atoms with Crippen molar-refractivity contribution in [1.82, 2.24) is 0 Å². The lowest BCUT2D eigenvalue weighted by Gasteiger charge is -2.17. The molecule has 0 aliphatic rings. The van der Waals surface area contributed by atoms with Gasteiger partial charge in [-0.2, -0.15) is 0 Å². The summed E-state index contributed by atoms with van der Waals surface area (Å²) in [6, 6.07) is 5.09. The van der Waals surface area contributed by atoms with E-state index >= 15 is 0 Å². The molecule has 94 valence electrons. The molecule has 1 atom stereocenters. The standard InChI is InChI=1S/C12H17ClN2O2/c1-8(2)7-9(3)14-11-6-4-5-10(13)12(11)15(16)17/h4-6,8-9,14H,7H2,1-3H3. The normalized spacial score (nSPS) is 12.5. The van der Waals surface area contributed by atoms with Gasteiger partial charge in [0.2, 0.25) is 0 Å². The average Bonchev–Trinajstić information content (AvgIpc) is 2.15. The number of hydrogen-bond donors (Lipinski definition) is 1. The Kier molecular flexibility index (Phi) is 4.75. The zero-order valence-electron chi connectivity index (χ0n) is 10.2. The van der Waals surface area contributed by atoms with Crippen LogP contribution in [0.25, 0.3) is 0 Å². The summed E-state index contributed by atoms with van der Waals surface area (Å²) < 4.78 is 0. The first-order valence-electron chi connectivity index (χ1n) is 5.61. The minimum absolute atomic E-state index is 0.0511. The molecule has 0 radical (unpaired) electrons. The highest BCUT2D eigenvalue weighted by atomic mass is 35.5. The van der Waals surface area contributed by atoms with Gasteiger partial charge in [-0.25, -0.2) is 0 Å². The lowest BCUT2D eigenvalue weighted by Crippen LogP contribution is -2.18. The van der Waals surface area contributed by atoms with E-state index in [4.69, 9.17) is 11.6 Å². The van der Waals surface area contributed by atoms with E-state index in [1.54, 1.807) is 12.1 Å². The lowest BCUT2D eigenvalue weighted by atomic mass is 10.0. The first-order chi connectivity index (χ1) is 7.91. The number of benzene rings is 1. The third-order valence-corrected chi connectivity index (χ3v) is 2.70. The Balaban J connectivity index is 2.91. The van der Waals surface area contributed by atoms with Gasteiger partial charge in [0, 0.05) is 6.04 Å². The van der Waals surface area contributed by atoms with Crippen molar-refractivity contribution in [2.45, 2.75) is 33.2 Å². The molecule has 17 heavy (non-hydrogen) atoms. The van der Waals surface area contributed by atoms with Crippen LogP contribution in [0.1, 0.15) is 27.2 Å². The Morgan fingerprint density at radius 1 is 1.41 bits per heavy atom. The van der Waals surface area contributed by atoms with Crippen LogP contribution >= 0.6 is 11.6 Å². The first-order valence-corrected chi connectivity index (χ1v) is 5.99. The molecule has 1 N–H and O–H groups in total. The van der Waals surface area contributed by atoms with Crippen molar-refractivity contribution < 1.29 is 4.92 Å². The van der Waals surface area contributed by atoms with Crippen molar-refractivity contribution >= 4 is 23.0 Å². The van der Waals surface area contributed by atoms with E-state index in [1.807, 2.05) is 6.92 Å². The van der Waals surface area contributed by atoms with Crippen LogP contribution in [-0.2, 0) is 0 Å². The molecule has 0 aliphatic heterocycles. The molecule has 0 saturated heterocycles. The molecule has 0 aromatic heterocycles. The predicted molar refractivity (Wildman–Crippen MR) is 70.6 cm³/mol. The summed E-state index contributed by atoms with van der Waals surface area (Å²) in [5, 5.41) is 14.2. The Labute approximate surface area is 106 Å². The van der Waals surface area contributed by atoms with Crippen molar-refractivity contribution in [2.75, 3.05) is 5.32 Å². The largest absolute Gasteiger partial charge is 0.377 e. The number of halogens is 1. The van der Waals surface area contributed by atoms with Crippen molar-refractivity contribution in [3.8, 4) is 0 Å². The van der Waals surface area contributed by atoms with Crippen LogP contribution in [-0.4, -0.2) is 11.0 Å². The molecular formula is C12H17ClN2O2. The summed E-state index contributed by atoms with van der Waals surface area (Å²) in [7, 11) is 0. The molecule has 0 saturated carbocycles. The first kappa shape index (κ1) is 13.8. The second-order valence-corrected chi connectivity index (χ2v) is 4.98. The second kappa shape index (κ2) is 5.87. The summed E-state index contributed by atoms with van der Waals surface area (Å²) in [6.07, 6.45) is 0.948. The maximum absolute atomic E-state index is 10.9. The van der Waals surface area contributed by atoms with Gasteiger partial charge in [0.25, 0.3) is 0 Å². The molecule has 4 nitrogen and oxygen atoms in total. The molecule has 0 spiro atoms. The SMILES string of the molecule is CC(C)CC(C)Nc1cccc(Cl)c1[N+](=O)[O-]. The summed E-state index contributed by atoms with van der Waals surface area (Å²) in [5.74, 6) is 0.538. The number of nitrogens with zero attached hydrogens (tertiary/aromatic N) is 1. The highest BCUT2D eigenvalue weighted by molar-refractivity contribution is 6.33. The van der Waals surface area contributed by atoms with Gasteiger partial charge in [-0.1, -0.05) is 31.5 Å². The molecule has 0 fully saturated rings. The van der Waals surface area contributed by atoms with Gasteiger partial charge in [0.15, 0.2) is 0 Å². The highest BCUT2D eigenvalue weighted by Gasteiger charge is 2.19. The maximum Gasteiger partial charge on any atom is 0.310 e. The van der Waals surface area contributed by atoms with E-state index < -0.39 is 4.92 Å². The highest BCUT2D eigenvalue weighted by Crippen LogP contribution is 2.32. The molecular weight excluding hydrogens is 240 g/mol. The summed E-state index contributed by atoms with van der Waals surface area (Å²) in [6.45, 7) is 6.24. The third-order valence-electron chi connectivity index (χ3n) is 2.40. The fourth-order valence-corrected chi connectivity index (χ4v) is 2.09. The van der Waals surface area contributed by atoms with Crippen LogP contribution < -0.4 is 5.32 Å². The Bertz CT molecular complexity index is 407. The van der Waals surface area contributed by atoms with E-state index in [0.717, 1.165) is 6.42 Å². The number of nitro groups is 1. The van der Waals surface area contributed by atoms with Crippen molar-refractivity contribution in [3.63, 3.8) is 0 Å². The molecule has 0 amide bonds. The average molecular weight is 257 g/mol. The fourth-order valence-electron chi connectivity index (χ4n) is 1.85. The lowest BCUT2D eigenvalue weighted by molar-refractivity contribution is -0.383. The minimum atomic E-state index is -0.452. The Morgan fingerprint density at radius 2 is 2.06 bits per heavy atom. The number of nitro benzene ring substituents is 1. The second-order valence-electron chi connectivity index (χ2n) is 4.57. The van der Waals surface area contributed by atoms with Gasteiger partial charge in [-0.3, -0.25) is 10.1 Å². The minimum Gasteiger partial charge on any atom is -0.377 e. The smallest absolute Gasteiger partial charge is 0.310 e. The molecule has 0 aliphatic carbocycles. The van der Waals surface area contributed by atoms with Gasteiger partial charge < -0.3 is 5.32 Å². The number of para-hydroxylation sites is 1. The van der Waals surface area contributed by atoms with E-state index in [1.165, 1.54) is 6.07 Å². The molecule has 0 heterocycles. The molecule has 1 aromatic carbocycles. The van der Waals surface area contributed by atoms with Crippen LogP contribution in [0.5, 0.6) is 0 Å². The molecule has 1 unspecified atom stereocenters. The van der Waals surface area contributed by atoms with Crippen LogP contribution in [0.3, 0.4) is 0 Å². The zero-order chi connectivity index (χ0) is 13.0. The topological polar surface area (TPSA) is 55.2 Å². The number of anilines is 1. The third kappa shape index (κ3) is 3.89. The van der Waals surface area contributed by atoms with Crippen molar-refractivity contribution in [3.05, 3.63) is 33.3 Å². The monoisotopic (exact) mass is 256 g/mol. The number of hydrogen-bond acceptors (Lipinski definition) is 3. The van der Waals surface area contributed by atoms with Crippen LogP contribution in [0, 0.1) is 16.0 Å². The zero-order valence-corrected chi connectivity index (χ0v) is 11.0. The fraction of sp³-hybridized carbons (Fsp3) is 0.500. The van der Waals surface area contributed by atoms with E-state index in [9.17, 15) is 10.1 Å². The molecule has 1 rings (SSSR count).